The van der Waals surface area contributed by atoms with Crippen LogP contribution in [0.3, 0.4) is 0 Å². The summed E-state index contributed by atoms with van der Waals surface area (Å²) in [6.07, 6.45) is 0. The molecule has 0 saturated heterocycles. The number of hydrogen-bond donors (Lipinski definition) is 0. The van der Waals surface area contributed by atoms with Crippen molar-refractivity contribution in [1.29, 1.82) is 0 Å². The molecule has 0 atom stereocenters. The topological polar surface area (TPSA) is 52.6 Å². The molecule has 4 nitrogen and oxygen atoms in total. The zero-order chi connectivity index (χ0) is 17.6. The molecule has 0 heterocycles. The van der Waals surface area contributed by atoms with E-state index in [4.69, 9.17) is 9.47 Å². The van der Waals surface area contributed by atoms with E-state index in [1.165, 1.54) is 18.2 Å². The van der Waals surface area contributed by atoms with Gasteiger partial charge in [0.1, 0.15) is 22.9 Å². The molecule has 5 heteroatoms. The van der Waals surface area contributed by atoms with Crippen molar-refractivity contribution in [2.75, 3.05) is 0 Å². The Morgan fingerprint density at radius 1 is 0.720 bits per heavy atom. The van der Waals surface area contributed by atoms with Crippen LogP contribution < -0.4 is 4.74 Å². The second-order valence-electron chi connectivity index (χ2n) is 5.10. The molecule has 0 bridgehead atoms. The summed E-state index contributed by atoms with van der Waals surface area (Å²) in [7, 11) is 0. The third-order valence-corrected chi connectivity index (χ3v) is 3.34. The van der Waals surface area contributed by atoms with Crippen LogP contribution in [0.5, 0.6) is 11.5 Å². The predicted octanol–water partition coefficient (Wildman–Crippen LogP) is 4.62. The Morgan fingerprint density at radius 2 is 1.36 bits per heavy atom. The molecule has 0 spiro atoms. The lowest BCUT2D eigenvalue weighted by molar-refractivity contribution is 0.0396. The van der Waals surface area contributed by atoms with Crippen molar-refractivity contribution in [1.82, 2.24) is 0 Å². The van der Waals surface area contributed by atoms with Crippen LogP contribution in [0.4, 0.5) is 4.39 Å². The molecule has 0 aliphatic carbocycles. The van der Waals surface area contributed by atoms with Gasteiger partial charge in [-0.2, -0.15) is 0 Å². The molecule has 0 radical (unpaired) electrons. The lowest BCUT2D eigenvalue weighted by Gasteiger charge is -2.10. The fraction of sp³-hybridized carbons (Fsp3) is 0. The number of esters is 2. The van der Waals surface area contributed by atoms with Gasteiger partial charge in [0.2, 0.25) is 0 Å². The van der Waals surface area contributed by atoms with Gasteiger partial charge in [-0.25, -0.2) is 14.0 Å². The second-order valence-corrected chi connectivity index (χ2v) is 5.10. The fourth-order valence-electron chi connectivity index (χ4n) is 2.12. The summed E-state index contributed by atoms with van der Waals surface area (Å²) in [5.74, 6) is -1.37. The van der Waals surface area contributed by atoms with E-state index < -0.39 is 17.8 Å². The fourth-order valence-corrected chi connectivity index (χ4v) is 2.12. The van der Waals surface area contributed by atoms with Gasteiger partial charge in [-0.15, -0.1) is 0 Å². The molecular formula is C20H13FO4. The third kappa shape index (κ3) is 4.09. The number of benzene rings is 3. The third-order valence-electron chi connectivity index (χ3n) is 3.34. The number of hydrogen-bond acceptors (Lipinski definition) is 4. The highest BCUT2D eigenvalue weighted by molar-refractivity contribution is 6.03. The van der Waals surface area contributed by atoms with E-state index in [-0.39, 0.29) is 16.9 Å². The molecule has 0 amide bonds. The lowest BCUT2D eigenvalue weighted by atomic mass is 10.2. The van der Waals surface area contributed by atoms with Crippen molar-refractivity contribution in [3.8, 4) is 11.5 Å². The van der Waals surface area contributed by atoms with E-state index >= 15 is 0 Å². The zero-order valence-electron chi connectivity index (χ0n) is 13.0. The average molecular weight is 336 g/mol. The molecule has 3 rings (SSSR count). The number of carbonyl (C=O) groups is 2. The van der Waals surface area contributed by atoms with Crippen LogP contribution in [0.2, 0.25) is 0 Å². The van der Waals surface area contributed by atoms with Crippen molar-refractivity contribution in [2.45, 2.75) is 0 Å². The van der Waals surface area contributed by atoms with E-state index in [1.54, 1.807) is 42.5 Å². The minimum Gasteiger partial charge on any atom is -0.456 e. The SMILES string of the molecule is O=C(OC(=O)c1ccccc1Oc1ccccc1)c1ccc(F)cc1. The van der Waals surface area contributed by atoms with Gasteiger partial charge in [-0.05, 0) is 48.5 Å². The van der Waals surface area contributed by atoms with Gasteiger partial charge in [0, 0.05) is 0 Å². The van der Waals surface area contributed by atoms with E-state index in [0.29, 0.717) is 5.75 Å². The molecule has 124 valence electrons. The quantitative estimate of drug-likeness (QED) is 0.515. The van der Waals surface area contributed by atoms with Gasteiger partial charge >= 0.3 is 11.9 Å². The standard InChI is InChI=1S/C20H13FO4/c21-15-12-10-14(11-13-15)19(22)25-20(23)17-8-4-5-9-18(17)24-16-6-2-1-3-7-16/h1-13H. The molecule has 0 aliphatic heterocycles. The number of ether oxygens (including phenoxy) is 2. The van der Waals surface area contributed by atoms with Gasteiger partial charge in [-0.3, -0.25) is 0 Å². The summed E-state index contributed by atoms with van der Waals surface area (Å²) in [6, 6.07) is 20.1. The summed E-state index contributed by atoms with van der Waals surface area (Å²) in [5, 5.41) is 0. The Balaban J connectivity index is 1.78. The smallest absolute Gasteiger partial charge is 0.349 e. The predicted molar refractivity (Wildman–Crippen MR) is 89.1 cm³/mol. The summed E-state index contributed by atoms with van der Waals surface area (Å²) >= 11 is 0. The Kier molecular flexibility index (Phi) is 4.85. The number of rotatable bonds is 4. The van der Waals surface area contributed by atoms with Crippen LogP contribution in [0, 0.1) is 5.82 Å². The largest absolute Gasteiger partial charge is 0.456 e. The molecule has 0 aromatic heterocycles. The highest BCUT2D eigenvalue weighted by atomic mass is 19.1. The Labute approximate surface area is 143 Å². The minimum absolute atomic E-state index is 0.0798. The lowest BCUT2D eigenvalue weighted by Crippen LogP contribution is -2.13. The first-order valence-electron chi connectivity index (χ1n) is 7.47. The van der Waals surface area contributed by atoms with Crippen LogP contribution in [0.1, 0.15) is 20.7 Å². The molecule has 25 heavy (non-hydrogen) atoms. The molecule has 0 N–H and O–H groups in total. The summed E-state index contributed by atoms with van der Waals surface area (Å²) < 4.78 is 23.4. The van der Waals surface area contributed by atoms with Gasteiger partial charge in [0.05, 0.1) is 5.56 Å². The summed E-state index contributed by atoms with van der Waals surface area (Å²) in [4.78, 5) is 24.3. The first-order chi connectivity index (χ1) is 12.1. The normalized spacial score (nSPS) is 10.1. The molecule has 3 aromatic carbocycles. The Hall–Kier alpha value is -3.47. The summed E-state index contributed by atoms with van der Waals surface area (Å²) in [5.41, 5.74) is 0.193. The molecule has 0 fully saturated rings. The van der Waals surface area contributed by atoms with Gasteiger partial charge < -0.3 is 9.47 Å². The van der Waals surface area contributed by atoms with E-state index in [1.807, 2.05) is 6.07 Å². The second kappa shape index (κ2) is 7.40. The van der Waals surface area contributed by atoms with Crippen LogP contribution in [-0.4, -0.2) is 11.9 Å². The van der Waals surface area contributed by atoms with E-state index in [0.717, 1.165) is 12.1 Å². The van der Waals surface area contributed by atoms with E-state index in [2.05, 4.69) is 0 Å². The molecule has 0 saturated carbocycles. The van der Waals surface area contributed by atoms with Crippen LogP contribution in [0.25, 0.3) is 0 Å². The maximum absolute atomic E-state index is 12.9. The van der Waals surface area contributed by atoms with Crippen molar-refractivity contribution in [2.24, 2.45) is 0 Å². The van der Waals surface area contributed by atoms with E-state index in [9.17, 15) is 14.0 Å². The maximum Gasteiger partial charge on any atom is 0.349 e. The molecule has 0 aliphatic rings. The number of para-hydroxylation sites is 2. The highest BCUT2D eigenvalue weighted by Crippen LogP contribution is 2.25. The molecular weight excluding hydrogens is 323 g/mol. The van der Waals surface area contributed by atoms with Crippen molar-refractivity contribution in [3.05, 3.63) is 95.8 Å². The Bertz CT molecular complexity index is 889. The first kappa shape index (κ1) is 16.4. The zero-order valence-corrected chi connectivity index (χ0v) is 13.0. The maximum atomic E-state index is 12.9. The average Bonchev–Trinajstić information content (AvgIpc) is 2.63. The van der Waals surface area contributed by atoms with Crippen LogP contribution in [-0.2, 0) is 4.74 Å². The van der Waals surface area contributed by atoms with Crippen LogP contribution in [0.15, 0.2) is 78.9 Å². The van der Waals surface area contributed by atoms with Gasteiger partial charge in [0.15, 0.2) is 0 Å². The Morgan fingerprint density at radius 3 is 2.08 bits per heavy atom. The van der Waals surface area contributed by atoms with Crippen molar-refractivity contribution < 1.29 is 23.5 Å². The molecule has 0 unspecified atom stereocenters. The minimum atomic E-state index is -0.862. The van der Waals surface area contributed by atoms with Gasteiger partial charge in [0.25, 0.3) is 0 Å². The van der Waals surface area contributed by atoms with Crippen molar-refractivity contribution >= 4 is 11.9 Å². The number of carbonyl (C=O) groups excluding carboxylic acids is 2. The highest BCUT2D eigenvalue weighted by Gasteiger charge is 2.19. The van der Waals surface area contributed by atoms with Crippen LogP contribution >= 0.6 is 0 Å². The van der Waals surface area contributed by atoms with Gasteiger partial charge in [-0.1, -0.05) is 30.3 Å². The first-order valence-corrected chi connectivity index (χ1v) is 7.47. The summed E-state index contributed by atoms with van der Waals surface area (Å²) in [6.45, 7) is 0. The molecule has 3 aromatic rings. The number of halogens is 1. The van der Waals surface area contributed by atoms with Crippen molar-refractivity contribution in [3.63, 3.8) is 0 Å². The monoisotopic (exact) mass is 336 g/mol.